The lowest BCUT2D eigenvalue weighted by Gasteiger charge is -2.22. The first-order valence-electron chi connectivity index (χ1n) is 6.89. The lowest BCUT2D eigenvalue weighted by molar-refractivity contribution is -0.162. The van der Waals surface area contributed by atoms with Crippen LogP contribution in [-0.2, 0) is 9.47 Å². The van der Waals surface area contributed by atoms with Gasteiger partial charge < -0.3 is 14.6 Å². The maximum atomic E-state index is 8.91. The highest BCUT2D eigenvalue weighted by Crippen LogP contribution is 2.14. The normalized spacial score (nSPS) is 20.4. The molecular weight excluding hydrogens is 216 g/mol. The Morgan fingerprint density at radius 3 is 2.65 bits per heavy atom. The fraction of sp³-hybridized carbons (Fsp3) is 0.857. The van der Waals surface area contributed by atoms with E-state index < -0.39 is 0 Å². The van der Waals surface area contributed by atoms with Crippen LogP contribution in [0.4, 0.5) is 0 Å². The van der Waals surface area contributed by atoms with Gasteiger partial charge in [0.1, 0.15) is 0 Å². The van der Waals surface area contributed by atoms with E-state index in [0.29, 0.717) is 5.76 Å². The van der Waals surface area contributed by atoms with Gasteiger partial charge in [0.25, 0.3) is 0 Å². The summed E-state index contributed by atoms with van der Waals surface area (Å²) in [5, 5.41) is 8.91. The Bertz CT molecular complexity index is 198. The molecule has 1 atom stereocenters. The zero-order valence-electron chi connectivity index (χ0n) is 10.8. The van der Waals surface area contributed by atoms with E-state index in [0.717, 1.165) is 38.9 Å². The predicted molar refractivity (Wildman–Crippen MR) is 69.0 cm³/mol. The summed E-state index contributed by atoms with van der Waals surface area (Å²) < 4.78 is 11.1. The Labute approximate surface area is 105 Å². The van der Waals surface area contributed by atoms with E-state index in [-0.39, 0.29) is 6.29 Å². The van der Waals surface area contributed by atoms with Crippen LogP contribution in [0.2, 0.25) is 0 Å². The SMILES string of the molecule is C=C(O)CCCCCCCOC1CCCCO1. The molecule has 0 spiro atoms. The van der Waals surface area contributed by atoms with Crippen LogP contribution in [0.1, 0.15) is 57.8 Å². The van der Waals surface area contributed by atoms with Crippen LogP contribution in [0.5, 0.6) is 0 Å². The monoisotopic (exact) mass is 242 g/mol. The maximum absolute atomic E-state index is 8.91. The van der Waals surface area contributed by atoms with Crippen molar-refractivity contribution in [2.45, 2.75) is 64.1 Å². The van der Waals surface area contributed by atoms with Crippen molar-refractivity contribution in [2.75, 3.05) is 13.2 Å². The first-order chi connectivity index (χ1) is 8.29. The van der Waals surface area contributed by atoms with Crippen LogP contribution in [0.15, 0.2) is 12.3 Å². The van der Waals surface area contributed by atoms with Gasteiger partial charge in [0.05, 0.1) is 5.76 Å². The van der Waals surface area contributed by atoms with E-state index in [9.17, 15) is 0 Å². The first kappa shape index (κ1) is 14.5. The highest BCUT2D eigenvalue weighted by molar-refractivity contribution is 4.77. The van der Waals surface area contributed by atoms with Gasteiger partial charge in [0, 0.05) is 19.6 Å². The highest BCUT2D eigenvalue weighted by atomic mass is 16.7. The molecule has 0 radical (unpaired) electrons. The second kappa shape index (κ2) is 9.49. The van der Waals surface area contributed by atoms with E-state index >= 15 is 0 Å². The molecule has 0 bridgehead atoms. The highest BCUT2D eigenvalue weighted by Gasteiger charge is 2.13. The average Bonchev–Trinajstić information content (AvgIpc) is 2.33. The number of aliphatic hydroxyl groups is 1. The molecule has 1 unspecified atom stereocenters. The molecule has 0 amide bonds. The van der Waals surface area contributed by atoms with Gasteiger partial charge in [0.15, 0.2) is 6.29 Å². The topological polar surface area (TPSA) is 38.7 Å². The molecular formula is C14H26O3. The van der Waals surface area contributed by atoms with E-state index in [4.69, 9.17) is 14.6 Å². The number of rotatable bonds is 9. The summed E-state index contributed by atoms with van der Waals surface area (Å²) in [5.41, 5.74) is 0. The minimum atomic E-state index is 0.0569. The van der Waals surface area contributed by atoms with Gasteiger partial charge in [-0.3, -0.25) is 0 Å². The Kier molecular flexibility index (Phi) is 8.10. The lowest BCUT2D eigenvalue weighted by atomic mass is 10.1. The summed E-state index contributed by atoms with van der Waals surface area (Å²) in [6.07, 6.45) is 9.99. The third-order valence-electron chi connectivity index (χ3n) is 3.05. The zero-order chi connectivity index (χ0) is 12.3. The molecule has 17 heavy (non-hydrogen) atoms. The van der Waals surface area contributed by atoms with E-state index in [1.807, 2.05) is 0 Å². The molecule has 1 fully saturated rings. The molecule has 3 nitrogen and oxygen atoms in total. The fourth-order valence-electron chi connectivity index (χ4n) is 2.02. The van der Waals surface area contributed by atoms with Crippen LogP contribution in [0, 0.1) is 0 Å². The number of allylic oxidation sites excluding steroid dienone is 1. The fourth-order valence-corrected chi connectivity index (χ4v) is 2.02. The average molecular weight is 242 g/mol. The summed E-state index contributed by atoms with van der Waals surface area (Å²) in [5.74, 6) is 0.308. The third-order valence-corrected chi connectivity index (χ3v) is 3.05. The van der Waals surface area contributed by atoms with Gasteiger partial charge >= 0.3 is 0 Å². The van der Waals surface area contributed by atoms with Crippen molar-refractivity contribution >= 4 is 0 Å². The van der Waals surface area contributed by atoms with Gasteiger partial charge in [-0.25, -0.2) is 0 Å². The molecule has 0 saturated carbocycles. The summed E-state index contributed by atoms with van der Waals surface area (Å²) >= 11 is 0. The van der Waals surface area contributed by atoms with Gasteiger partial charge in [-0.2, -0.15) is 0 Å². The van der Waals surface area contributed by atoms with E-state index in [1.165, 1.54) is 32.1 Å². The van der Waals surface area contributed by atoms with Gasteiger partial charge in [-0.05, 0) is 32.1 Å². The quantitative estimate of drug-likeness (QED) is 0.491. The van der Waals surface area contributed by atoms with Crippen LogP contribution < -0.4 is 0 Å². The number of aliphatic hydroxyl groups excluding tert-OH is 1. The van der Waals surface area contributed by atoms with Gasteiger partial charge in [-0.15, -0.1) is 0 Å². The zero-order valence-corrected chi connectivity index (χ0v) is 10.8. The minimum absolute atomic E-state index is 0.0569. The van der Waals surface area contributed by atoms with Crippen molar-refractivity contribution in [3.8, 4) is 0 Å². The second-order valence-electron chi connectivity index (χ2n) is 4.75. The summed E-state index contributed by atoms with van der Waals surface area (Å²) in [7, 11) is 0. The standard InChI is InChI=1S/C14H26O3/c1-13(15)9-5-3-2-4-7-11-16-14-10-6-8-12-17-14/h14-15H,1-12H2. The van der Waals surface area contributed by atoms with Crippen LogP contribution in [0.3, 0.4) is 0 Å². The molecule has 1 aliphatic rings. The smallest absolute Gasteiger partial charge is 0.157 e. The van der Waals surface area contributed by atoms with Crippen molar-refractivity contribution in [3.05, 3.63) is 12.3 Å². The van der Waals surface area contributed by atoms with Crippen molar-refractivity contribution in [3.63, 3.8) is 0 Å². The van der Waals surface area contributed by atoms with Gasteiger partial charge in [-0.1, -0.05) is 25.8 Å². The minimum Gasteiger partial charge on any atom is -0.513 e. The van der Waals surface area contributed by atoms with Crippen molar-refractivity contribution in [1.82, 2.24) is 0 Å². The van der Waals surface area contributed by atoms with Crippen molar-refractivity contribution in [1.29, 1.82) is 0 Å². The number of ether oxygens (including phenoxy) is 2. The van der Waals surface area contributed by atoms with Crippen molar-refractivity contribution in [2.24, 2.45) is 0 Å². The van der Waals surface area contributed by atoms with Crippen LogP contribution in [-0.4, -0.2) is 24.6 Å². The molecule has 0 aromatic carbocycles. The van der Waals surface area contributed by atoms with Crippen LogP contribution in [0.25, 0.3) is 0 Å². The van der Waals surface area contributed by atoms with Crippen molar-refractivity contribution < 1.29 is 14.6 Å². The Morgan fingerprint density at radius 2 is 1.94 bits per heavy atom. The maximum Gasteiger partial charge on any atom is 0.157 e. The van der Waals surface area contributed by atoms with Crippen LogP contribution >= 0.6 is 0 Å². The Hall–Kier alpha value is -0.540. The summed E-state index contributed by atoms with van der Waals surface area (Å²) in [6, 6.07) is 0. The first-order valence-corrected chi connectivity index (χ1v) is 6.89. The molecule has 100 valence electrons. The Morgan fingerprint density at radius 1 is 1.18 bits per heavy atom. The summed E-state index contributed by atoms with van der Waals surface area (Å²) in [4.78, 5) is 0. The third kappa shape index (κ3) is 8.22. The largest absolute Gasteiger partial charge is 0.513 e. The molecule has 1 saturated heterocycles. The predicted octanol–water partition coefficient (Wildman–Crippen LogP) is 3.94. The number of hydrogen-bond acceptors (Lipinski definition) is 3. The molecule has 0 aliphatic carbocycles. The Balaban J connectivity index is 1.79. The molecule has 1 heterocycles. The molecule has 0 aromatic rings. The number of unbranched alkanes of at least 4 members (excludes halogenated alkanes) is 4. The molecule has 1 rings (SSSR count). The second-order valence-corrected chi connectivity index (χ2v) is 4.75. The molecule has 0 aromatic heterocycles. The number of hydrogen-bond donors (Lipinski definition) is 1. The lowest BCUT2D eigenvalue weighted by Crippen LogP contribution is -2.22. The molecule has 1 N–H and O–H groups in total. The molecule has 3 heteroatoms. The van der Waals surface area contributed by atoms with E-state index in [1.54, 1.807) is 0 Å². The van der Waals surface area contributed by atoms with Gasteiger partial charge in [0.2, 0.25) is 0 Å². The molecule has 1 aliphatic heterocycles. The van der Waals surface area contributed by atoms with E-state index in [2.05, 4.69) is 6.58 Å². The summed E-state index contributed by atoms with van der Waals surface area (Å²) in [6.45, 7) is 5.15.